The fraction of sp³-hybridized carbons (Fsp3) is 0.438. The van der Waals surface area contributed by atoms with Crippen LogP contribution in [0.2, 0.25) is 0 Å². The predicted molar refractivity (Wildman–Crippen MR) is 78.9 cm³/mol. The summed E-state index contributed by atoms with van der Waals surface area (Å²) in [5, 5.41) is 3.53. The van der Waals surface area contributed by atoms with Crippen LogP contribution in [0.3, 0.4) is 0 Å². The maximum atomic E-state index is 13.3. The second-order valence-corrected chi connectivity index (χ2v) is 5.63. The molecule has 2 aromatic rings. The molecule has 0 bridgehead atoms. The summed E-state index contributed by atoms with van der Waals surface area (Å²) in [5.41, 5.74) is 2.86. The summed E-state index contributed by atoms with van der Waals surface area (Å²) in [5.74, 6) is 0.664. The summed E-state index contributed by atoms with van der Waals surface area (Å²) in [6.07, 6.45) is 6.97. The maximum Gasteiger partial charge on any atom is 0.207 e. The highest BCUT2D eigenvalue weighted by Gasteiger charge is 2.18. The Morgan fingerprint density at radius 2 is 2.00 bits per heavy atom. The Labute approximate surface area is 118 Å². The van der Waals surface area contributed by atoms with Gasteiger partial charge in [0, 0.05) is 12.2 Å². The molecule has 1 aliphatic carbocycles. The first kappa shape index (κ1) is 13.2. The molecule has 0 aliphatic heterocycles. The molecule has 1 aliphatic rings. The topological polar surface area (TPSA) is 29.9 Å². The van der Waals surface area contributed by atoms with Gasteiger partial charge in [-0.2, -0.15) is 0 Å². The van der Waals surface area contributed by atoms with Crippen molar-refractivity contribution in [1.29, 1.82) is 0 Å². The van der Waals surface area contributed by atoms with Gasteiger partial charge >= 0.3 is 0 Å². The smallest absolute Gasteiger partial charge is 0.207 e. The van der Waals surface area contributed by atoms with Gasteiger partial charge in [-0.25, -0.2) is 9.37 Å². The van der Waals surface area contributed by atoms with Crippen LogP contribution in [-0.4, -0.2) is 15.6 Å². The predicted octanol–water partition coefficient (Wildman–Crippen LogP) is 3.98. The SMILES string of the molecule is Cc1cn(-c2ccc(F)cc2C)c(NC2CCCC2)n1. The molecule has 1 aromatic carbocycles. The average molecular weight is 273 g/mol. The highest BCUT2D eigenvalue weighted by Crippen LogP contribution is 2.25. The van der Waals surface area contributed by atoms with Crippen molar-refractivity contribution in [2.45, 2.75) is 45.6 Å². The lowest BCUT2D eigenvalue weighted by Gasteiger charge is -2.16. The number of nitrogens with one attached hydrogen (secondary N) is 1. The van der Waals surface area contributed by atoms with Crippen LogP contribution in [0, 0.1) is 19.7 Å². The lowest BCUT2D eigenvalue weighted by molar-refractivity contribution is 0.626. The van der Waals surface area contributed by atoms with Crippen LogP contribution in [0.15, 0.2) is 24.4 Å². The molecule has 1 N–H and O–H groups in total. The van der Waals surface area contributed by atoms with Gasteiger partial charge in [-0.05, 0) is 50.5 Å². The van der Waals surface area contributed by atoms with Crippen molar-refractivity contribution in [1.82, 2.24) is 9.55 Å². The third-order valence-electron chi connectivity index (χ3n) is 3.93. The van der Waals surface area contributed by atoms with E-state index in [9.17, 15) is 4.39 Å². The lowest BCUT2D eigenvalue weighted by Crippen LogP contribution is -2.17. The van der Waals surface area contributed by atoms with Crippen molar-refractivity contribution < 1.29 is 4.39 Å². The van der Waals surface area contributed by atoms with Crippen molar-refractivity contribution >= 4 is 5.95 Å². The number of benzene rings is 1. The third kappa shape index (κ3) is 2.55. The van der Waals surface area contributed by atoms with Gasteiger partial charge in [-0.15, -0.1) is 0 Å². The highest BCUT2D eigenvalue weighted by atomic mass is 19.1. The number of nitrogens with zero attached hydrogens (tertiary/aromatic N) is 2. The van der Waals surface area contributed by atoms with Gasteiger partial charge in [0.25, 0.3) is 0 Å². The van der Waals surface area contributed by atoms with Gasteiger partial charge in [0.1, 0.15) is 5.82 Å². The quantitative estimate of drug-likeness (QED) is 0.916. The Morgan fingerprint density at radius 1 is 1.25 bits per heavy atom. The number of rotatable bonds is 3. The summed E-state index contributed by atoms with van der Waals surface area (Å²) in [4.78, 5) is 4.57. The van der Waals surface area contributed by atoms with E-state index in [1.54, 1.807) is 6.07 Å². The van der Waals surface area contributed by atoms with Gasteiger partial charge in [-0.1, -0.05) is 12.8 Å². The molecule has 1 heterocycles. The van der Waals surface area contributed by atoms with Crippen LogP contribution in [-0.2, 0) is 0 Å². The molecule has 1 fully saturated rings. The molecule has 0 unspecified atom stereocenters. The van der Waals surface area contributed by atoms with Crippen LogP contribution in [0.1, 0.15) is 36.9 Å². The summed E-state index contributed by atoms with van der Waals surface area (Å²) in [6.45, 7) is 3.91. The third-order valence-corrected chi connectivity index (χ3v) is 3.93. The fourth-order valence-electron chi connectivity index (χ4n) is 2.93. The maximum absolute atomic E-state index is 13.3. The van der Waals surface area contributed by atoms with Crippen LogP contribution in [0.25, 0.3) is 5.69 Å². The molecular weight excluding hydrogens is 253 g/mol. The van der Waals surface area contributed by atoms with E-state index in [4.69, 9.17) is 0 Å². The first-order valence-corrected chi connectivity index (χ1v) is 7.22. The number of hydrogen-bond donors (Lipinski definition) is 1. The molecule has 20 heavy (non-hydrogen) atoms. The zero-order chi connectivity index (χ0) is 14.1. The fourth-order valence-corrected chi connectivity index (χ4v) is 2.93. The molecule has 3 rings (SSSR count). The zero-order valence-electron chi connectivity index (χ0n) is 12.0. The lowest BCUT2D eigenvalue weighted by atomic mass is 10.2. The second-order valence-electron chi connectivity index (χ2n) is 5.63. The molecule has 1 aromatic heterocycles. The largest absolute Gasteiger partial charge is 0.353 e. The van der Waals surface area contributed by atoms with E-state index in [-0.39, 0.29) is 5.82 Å². The van der Waals surface area contributed by atoms with Crippen LogP contribution < -0.4 is 5.32 Å². The first-order valence-electron chi connectivity index (χ1n) is 7.22. The standard InChI is InChI=1S/C16H20FN3/c1-11-9-13(17)7-8-15(11)20-10-12(2)18-16(20)19-14-5-3-4-6-14/h7-10,14H,3-6H2,1-2H3,(H,18,19). The minimum absolute atomic E-state index is 0.201. The van der Waals surface area contributed by atoms with Crippen molar-refractivity contribution in [3.8, 4) is 5.69 Å². The molecule has 0 radical (unpaired) electrons. The monoisotopic (exact) mass is 273 g/mol. The molecule has 0 spiro atoms. The van der Waals surface area contributed by atoms with E-state index in [0.717, 1.165) is 22.9 Å². The number of anilines is 1. The van der Waals surface area contributed by atoms with E-state index in [1.165, 1.54) is 31.7 Å². The minimum Gasteiger partial charge on any atom is -0.353 e. The molecule has 4 heteroatoms. The van der Waals surface area contributed by atoms with Gasteiger partial charge < -0.3 is 5.32 Å². The van der Waals surface area contributed by atoms with Crippen LogP contribution in [0.5, 0.6) is 0 Å². The number of aromatic nitrogens is 2. The molecule has 1 saturated carbocycles. The van der Waals surface area contributed by atoms with Gasteiger partial charge in [0.15, 0.2) is 0 Å². The van der Waals surface area contributed by atoms with Crippen molar-refractivity contribution in [3.05, 3.63) is 41.5 Å². The summed E-state index contributed by atoms with van der Waals surface area (Å²) < 4.78 is 15.3. The van der Waals surface area contributed by atoms with E-state index in [2.05, 4.69) is 10.3 Å². The van der Waals surface area contributed by atoms with Gasteiger partial charge in [0.2, 0.25) is 5.95 Å². The number of halogens is 1. The van der Waals surface area contributed by atoms with E-state index in [1.807, 2.05) is 30.7 Å². The summed E-state index contributed by atoms with van der Waals surface area (Å²) in [6, 6.07) is 5.38. The molecular formula is C16H20FN3. The Hall–Kier alpha value is -1.84. The van der Waals surface area contributed by atoms with Gasteiger partial charge in [-0.3, -0.25) is 4.57 Å². The van der Waals surface area contributed by atoms with Crippen molar-refractivity contribution in [3.63, 3.8) is 0 Å². The first-order chi connectivity index (χ1) is 9.63. The Kier molecular flexibility index (Phi) is 3.47. The average Bonchev–Trinajstić information content (AvgIpc) is 3.00. The minimum atomic E-state index is -0.201. The molecule has 0 atom stereocenters. The zero-order valence-corrected chi connectivity index (χ0v) is 12.0. The van der Waals surface area contributed by atoms with Crippen LogP contribution >= 0.6 is 0 Å². The van der Waals surface area contributed by atoms with Crippen molar-refractivity contribution in [2.24, 2.45) is 0 Å². The molecule has 0 saturated heterocycles. The number of imidazole rings is 1. The van der Waals surface area contributed by atoms with E-state index < -0.39 is 0 Å². The molecule has 106 valence electrons. The Bertz CT molecular complexity index is 612. The summed E-state index contributed by atoms with van der Waals surface area (Å²) >= 11 is 0. The van der Waals surface area contributed by atoms with E-state index >= 15 is 0 Å². The number of aryl methyl sites for hydroxylation is 2. The van der Waals surface area contributed by atoms with Gasteiger partial charge in [0.05, 0.1) is 11.4 Å². The highest BCUT2D eigenvalue weighted by molar-refractivity contribution is 5.48. The van der Waals surface area contributed by atoms with Crippen molar-refractivity contribution in [2.75, 3.05) is 5.32 Å². The molecule has 3 nitrogen and oxygen atoms in total. The molecule has 0 amide bonds. The second kappa shape index (κ2) is 5.27. The Balaban J connectivity index is 1.95. The van der Waals surface area contributed by atoms with Crippen LogP contribution in [0.4, 0.5) is 10.3 Å². The normalized spacial score (nSPS) is 15.8. The number of hydrogen-bond acceptors (Lipinski definition) is 2. The van der Waals surface area contributed by atoms with E-state index in [0.29, 0.717) is 6.04 Å². The summed E-state index contributed by atoms with van der Waals surface area (Å²) in [7, 11) is 0. The Morgan fingerprint density at radius 3 is 2.70 bits per heavy atom.